The zero-order chi connectivity index (χ0) is 21.1. The summed E-state index contributed by atoms with van der Waals surface area (Å²) < 4.78 is 15.6. The minimum atomic E-state index is -1.21. The van der Waals surface area contributed by atoms with Crippen LogP contribution in [0.5, 0.6) is 0 Å². The van der Waals surface area contributed by atoms with E-state index in [0.717, 1.165) is 12.7 Å². The van der Waals surface area contributed by atoms with Crippen LogP contribution in [0.1, 0.15) is 33.3 Å². The second kappa shape index (κ2) is 8.43. The number of amides is 2. The number of carbonyl (C=O) groups is 3. The molecule has 1 unspecified atom stereocenters. The summed E-state index contributed by atoms with van der Waals surface area (Å²) in [4.78, 5) is 37.9. The van der Waals surface area contributed by atoms with Crippen LogP contribution in [-0.4, -0.2) is 52.8 Å². The molecule has 1 heterocycles. The largest absolute Gasteiger partial charge is 0.509 e. The summed E-state index contributed by atoms with van der Waals surface area (Å²) >= 11 is 0. The summed E-state index contributed by atoms with van der Waals surface area (Å²) in [5.41, 5.74) is -0.604. The number of aliphatic hydroxyl groups is 1. The van der Waals surface area contributed by atoms with Crippen molar-refractivity contribution in [2.75, 3.05) is 7.11 Å². The van der Waals surface area contributed by atoms with Crippen LogP contribution in [0.3, 0.4) is 0 Å². The summed E-state index contributed by atoms with van der Waals surface area (Å²) in [6.07, 6.45) is -1.79. The third-order valence-corrected chi connectivity index (χ3v) is 4.03. The Morgan fingerprint density at radius 2 is 1.82 bits per heavy atom. The van der Waals surface area contributed by atoms with Crippen molar-refractivity contribution < 1.29 is 33.7 Å². The van der Waals surface area contributed by atoms with Gasteiger partial charge in [0, 0.05) is 0 Å². The van der Waals surface area contributed by atoms with Crippen molar-refractivity contribution in [3.05, 3.63) is 47.2 Å². The fourth-order valence-electron chi connectivity index (χ4n) is 2.75. The summed E-state index contributed by atoms with van der Waals surface area (Å²) in [5.74, 6) is -2.60. The first-order valence-corrected chi connectivity index (χ1v) is 8.80. The highest BCUT2D eigenvalue weighted by molar-refractivity contribution is 6.22. The Labute approximate surface area is 163 Å². The number of esters is 1. The van der Waals surface area contributed by atoms with Gasteiger partial charge in [0.2, 0.25) is 0 Å². The zero-order valence-corrected chi connectivity index (χ0v) is 16.6. The standard InChI is InChI=1S/C20H25NO7/c1-12(27-11-13-9-7-6-8-10-13)15-16(22)14(18(24)26-5)17(23)21(15)19(25)28-20(2,3)4/h6-10,12,15,22H,11H2,1-5H3/t12?,15-/m0/s1. The third-order valence-electron chi connectivity index (χ3n) is 4.03. The zero-order valence-electron chi connectivity index (χ0n) is 16.6. The van der Waals surface area contributed by atoms with Gasteiger partial charge in [0.05, 0.1) is 19.8 Å². The molecule has 8 heteroatoms. The van der Waals surface area contributed by atoms with Crippen LogP contribution in [0.4, 0.5) is 4.79 Å². The highest BCUT2D eigenvalue weighted by Gasteiger charge is 2.50. The molecule has 1 aromatic carbocycles. The number of ether oxygens (including phenoxy) is 3. The maximum atomic E-state index is 12.7. The molecule has 1 N–H and O–H groups in total. The molecule has 0 aromatic heterocycles. The lowest BCUT2D eigenvalue weighted by molar-refractivity contribution is -0.139. The molecule has 0 saturated heterocycles. The highest BCUT2D eigenvalue weighted by Crippen LogP contribution is 2.30. The number of imide groups is 1. The quantitative estimate of drug-likeness (QED) is 0.608. The van der Waals surface area contributed by atoms with Gasteiger partial charge in [-0.25, -0.2) is 14.5 Å². The number of aliphatic hydroxyl groups excluding tert-OH is 1. The van der Waals surface area contributed by atoms with Crippen molar-refractivity contribution >= 4 is 18.0 Å². The van der Waals surface area contributed by atoms with Gasteiger partial charge in [-0.15, -0.1) is 0 Å². The molecule has 0 saturated carbocycles. The van der Waals surface area contributed by atoms with Crippen LogP contribution >= 0.6 is 0 Å². The summed E-state index contributed by atoms with van der Waals surface area (Å²) in [5, 5.41) is 10.5. The van der Waals surface area contributed by atoms with Crippen molar-refractivity contribution in [2.45, 2.75) is 52.0 Å². The van der Waals surface area contributed by atoms with Crippen molar-refractivity contribution in [3.63, 3.8) is 0 Å². The Balaban J connectivity index is 2.30. The lowest BCUT2D eigenvalue weighted by Crippen LogP contribution is -2.49. The Morgan fingerprint density at radius 3 is 2.36 bits per heavy atom. The fourth-order valence-corrected chi connectivity index (χ4v) is 2.75. The van der Waals surface area contributed by atoms with Gasteiger partial charge >= 0.3 is 12.1 Å². The van der Waals surface area contributed by atoms with Gasteiger partial charge in [-0.05, 0) is 33.3 Å². The van der Waals surface area contributed by atoms with Crippen LogP contribution < -0.4 is 0 Å². The minimum Gasteiger partial charge on any atom is -0.509 e. The minimum absolute atomic E-state index is 0.190. The lowest BCUT2D eigenvalue weighted by atomic mass is 10.1. The molecule has 2 amide bonds. The van der Waals surface area contributed by atoms with Gasteiger partial charge in [-0.2, -0.15) is 0 Å². The van der Waals surface area contributed by atoms with Gasteiger partial charge in [0.15, 0.2) is 5.57 Å². The predicted octanol–water partition coefficient (Wildman–Crippen LogP) is 2.72. The molecule has 1 aliphatic rings. The van der Waals surface area contributed by atoms with Crippen LogP contribution in [-0.2, 0) is 30.4 Å². The van der Waals surface area contributed by atoms with Crippen LogP contribution in [0.15, 0.2) is 41.7 Å². The number of rotatable bonds is 5. The van der Waals surface area contributed by atoms with E-state index in [1.165, 1.54) is 0 Å². The van der Waals surface area contributed by atoms with E-state index in [1.54, 1.807) is 27.7 Å². The average molecular weight is 391 g/mol. The molecular weight excluding hydrogens is 366 g/mol. The third kappa shape index (κ3) is 4.69. The molecule has 0 fully saturated rings. The Bertz CT molecular complexity index is 779. The normalized spacial score (nSPS) is 18.2. The van der Waals surface area contributed by atoms with Crippen molar-refractivity contribution in [1.82, 2.24) is 4.90 Å². The molecule has 0 bridgehead atoms. The molecule has 2 atom stereocenters. The fraction of sp³-hybridized carbons (Fsp3) is 0.450. The summed E-state index contributed by atoms with van der Waals surface area (Å²) in [6, 6.07) is 8.07. The van der Waals surface area contributed by atoms with E-state index in [2.05, 4.69) is 4.74 Å². The molecule has 2 rings (SSSR count). The molecule has 0 aliphatic carbocycles. The first kappa shape index (κ1) is 21.4. The van der Waals surface area contributed by atoms with Crippen LogP contribution in [0.25, 0.3) is 0 Å². The van der Waals surface area contributed by atoms with E-state index in [1.807, 2.05) is 30.3 Å². The van der Waals surface area contributed by atoms with Crippen molar-refractivity contribution in [3.8, 4) is 0 Å². The van der Waals surface area contributed by atoms with E-state index in [9.17, 15) is 19.5 Å². The maximum Gasteiger partial charge on any atom is 0.418 e. The lowest BCUT2D eigenvalue weighted by Gasteiger charge is -2.30. The first-order valence-electron chi connectivity index (χ1n) is 8.80. The Hall–Kier alpha value is -2.87. The monoisotopic (exact) mass is 391 g/mol. The van der Waals surface area contributed by atoms with E-state index in [-0.39, 0.29) is 6.61 Å². The first-order chi connectivity index (χ1) is 13.1. The van der Waals surface area contributed by atoms with Gasteiger partial charge in [0.1, 0.15) is 17.4 Å². The van der Waals surface area contributed by atoms with E-state index in [4.69, 9.17) is 9.47 Å². The number of nitrogens with zero attached hydrogens (tertiary/aromatic N) is 1. The van der Waals surface area contributed by atoms with Crippen LogP contribution in [0.2, 0.25) is 0 Å². The summed E-state index contributed by atoms with van der Waals surface area (Å²) in [7, 11) is 1.08. The van der Waals surface area contributed by atoms with Crippen LogP contribution in [0, 0.1) is 0 Å². The Morgan fingerprint density at radius 1 is 1.21 bits per heavy atom. The van der Waals surface area contributed by atoms with E-state index in [0.29, 0.717) is 4.90 Å². The highest BCUT2D eigenvalue weighted by atomic mass is 16.6. The molecule has 8 nitrogen and oxygen atoms in total. The number of benzene rings is 1. The van der Waals surface area contributed by atoms with E-state index < -0.39 is 47.0 Å². The second-order valence-corrected chi connectivity index (χ2v) is 7.35. The predicted molar refractivity (Wildman–Crippen MR) is 99.2 cm³/mol. The Kier molecular flexibility index (Phi) is 6.45. The number of methoxy groups -OCH3 is 1. The SMILES string of the molecule is COC(=O)C1=C(O)[C@H](C(C)OCc2ccccc2)N(C(=O)OC(C)(C)C)C1=O. The number of carbonyl (C=O) groups excluding carboxylic acids is 3. The molecule has 152 valence electrons. The van der Waals surface area contributed by atoms with Gasteiger partial charge in [-0.3, -0.25) is 4.79 Å². The molecule has 1 aliphatic heterocycles. The summed E-state index contributed by atoms with van der Waals surface area (Å²) in [6.45, 7) is 6.71. The number of hydrogen-bond donors (Lipinski definition) is 1. The smallest absolute Gasteiger partial charge is 0.418 e. The molecular formula is C20H25NO7. The maximum absolute atomic E-state index is 12.7. The number of hydrogen-bond acceptors (Lipinski definition) is 7. The molecule has 28 heavy (non-hydrogen) atoms. The topological polar surface area (TPSA) is 102 Å². The van der Waals surface area contributed by atoms with Gasteiger partial charge in [-0.1, -0.05) is 30.3 Å². The average Bonchev–Trinajstić information content (AvgIpc) is 2.89. The molecule has 0 radical (unpaired) electrons. The van der Waals surface area contributed by atoms with Crippen molar-refractivity contribution in [1.29, 1.82) is 0 Å². The van der Waals surface area contributed by atoms with Gasteiger partial charge < -0.3 is 19.3 Å². The van der Waals surface area contributed by atoms with Gasteiger partial charge in [0.25, 0.3) is 5.91 Å². The molecule has 1 aromatic rings. The van der Waals surface area contributed by atoms with Crippen molar-refractivity contribution in [2.24, 2.45) is 0 Å². The van der Waals surface area contributed by atoms with E-state index >= 15 is 0 Å². The molecule has 0 spiro atoms. The second-order valence-electron chi connectivity index (χ2n) is 7.35.